The molecule has 1 aromatic heterocycles. The smallest absolute Gasteiger partial charge is 0.338 e. The molecule has 0 aliphatic carbocycles. The van der Waals surface area contributed by atoms with Gasteiger partial charge in [-0.3, -0.25) is 9.36 Å². The minimum absolute atomic E-state index is 0.207. The number of carbonyl (C=O) groups excluding carboxylic acids is 1. The van der Waals surface area contributed by atoms with Crippen molar-refractivity contribution in [1.82, 2.24) is 4.57 Å². The molecule has 46 heavy (non-hydrogen) atoms. The van der Waals surface area contributed by atoms with Gasteiger partial charge in [-0.25, -0.2) is 9.79 Å². The van der Waals surface area contributed by atoms with E-state index in [1.54, 1.807) is 18.4 Å². The van der Waals surface area contributed by atoms with Gasteiger partial charge in [-0.2, -0.15) is 0 Å². The molecule has 4 aromatic rings. The van der Waals surface area contributed by atoms with Gasteiger partial charge < -0.3 is 19.1 Å². The Morgan fingerprint density at radius 3 is 2.35 bits per heavy atom. The van der Waals surface area contributed by atoms with Gasteiger partial charge >= 0.3 is 5.97 Å². The molecule has 0 unspecified atom stereocenters. The average molecular weight is 660 g/mol. The van der Waals surface area contributed by atoms with Crippen molar-refractivity contribution in [2.75, 3.05) is 31.2 Å². The number of fused-ring (bicyclic) bond motifs is 1. The largest absolute Gasteiger partial charge is 0.494 e. The first-order valence-corrected chi connectivity index (χ1v) is 16.7. The fourth-order valence-corrected chi connectivity index (χ4v) is 6.62. The lowest BCUT2D eigenvalue weighted by Gasteiger charge is -2.24. The molecule has 0 saturated carbocycles. The van der Waals surface area contributed by atoms with Crippen LogP contribution in [0, 0.1) is 0 Å². The summed E-state index contributed by atoms with van der Waals surface area (Å²) in [5, 5.41) is 0.660. The van der Waals surface area contributed by atoms with Gasteiger partial charge in [0.05, 0.1) is 35.1 Å². The molecule has 2 heterocycles. The van der Waals surface area contributed by atoms with E-state index >= 15 is 0 Å². The Morgan fingerprint density at radius 2 is 1.70 bits per heavy atom. The molecule has 0 N–H and O–H groups in total. The second kappa shape index (κ2) is 14.8. The van der Waals surface area contributed by atoms with E-state index in [-0.39, 0.29) is 12.2 Å². The van der Waals surface area contributed by atoms with Crippen LogP contribution in [0.3, 0.4) is 0 Å². The molecule has 0 radical (unpaired) electrons. The van der Waals surface area contributed by atoms with E-state index < -0.39 is 12.0 Å². The molecule has 5 rings (SSSR count). The molecule has 10 heteroatoms. The van der Waals surface area contributed by atoms with Crippen molar-refractivity contribution >= 4 is 40.7 Å². The van der Waals surface area contributed by atoms with Crippen molar-refractivity contribution in [3.63, 3.8) is 0 Å². The predicted molar refractivity (Wildman–Crippen MR) is 184 cm³/mol. The van der Waals surface area contributed by atoms with Gasteiger partial charge in [0, 0.05) is 35.4 Å². The quantitative estimate of drug-likeness (QED) is 0.167. The molecule has 0 saturated heterocycles. The highest BCUT2D eigenvalue weighted by Gasteiger charge is 2.33. The first-order valence-electron chi connectivity index (χ1n) is 15.5. The number of allylic oxidation sites excluding steroid dienone is 1. The van der Waals surface area contributed by atoms with Crippen molar-refractivity contribution in [3.8, 4) is 11.5 Å². The summed E-state index contributed by atoms with van der Waals surface area (Å²) in [6.07, 6.45) is 1.84. The van der Waals surface area contributed by atoms with Gasteiger partial charge in [0.15, 0.2) is 4.80 Å². The summed E-state index contributed by atoms with van der Waals surface area (Å²) in [4.78, 5) is 34.9. The monoisotopic (exact) mass is 659 g/mol. The number of thiazole rings is 1. The van der Waals surface area contributed by atoms with Crippen LogP contribution < -0.4 is 29.3 Å². The number of carbonyl (C=O) groups is 1. The van der Waals surface area contributed by atoms with Crippen LogP contribution in [0.5, 0.6) is 11.5 Å². The SMILES string of the molecule is CCOC(=O)C1=C(C)N=c2s/c(=C\c3ccc(N(CC)CC)cc3OCc3ccc(Cl)cc3)c(=O)n2[C@@H]1c1ccc(OCC)cc1. The number of aromatic nitrogens is 1. The molecule has 0 spiro atoms. The molecule has 3 aromatic carbocycles. The zero-order valence-electron chi connectivity index (χ0n) is 26.7. The number of hydrogen-bond acceptors (Lipinski definition) is 8. The average Bonchev–Trinajstić information content (AvgIpc) is 3.36. The molecule has 8 nitrogen and oxygen atoms in total. The van der Waals surface area contributed by atoms with Crippen molar-refractivity contribution < 1.29 is 19.0 Å². The fourth-order valence-electron chi connectivity index (χ4n) is 5.46. The van der Waals surface area contributed by atoms with Crippen LogP contribution in [0.4, 0.5) is 5.69 Å². The maximum atomic E-state index is 14.2. The summed E-state index contributed by atoms with van der Waals surface area (Å²) in [7, 11) is 0. The van der Waals surface area contributed by atoms with Crippen LogP contribution in [0.15, 0.2) is 87.8 Å². The van der Waals surface area contributed by atoms with Crippen LogP contribution in [-0.4, -0.2) is 36.8 Å². The van der Waals surface area contributed by atoms with E-state index in [4.69, 9.17) is 30.8 Å². The number of esters is 1. The maximum Gasteiger partial charge on any atom is 0.338 e. The first-order chi connectivity index (χ1) is 22.3. The molecule has 1 atom stereocenters. The number of hydrogen-bond donors (Lipinski definition) is 0. The zero-order chi connectivity index (χ0) is 32.8. The van der Waals surface area contributed by atoms with E-state index in [1.807, 2.05) is 79.7 Å². The molecular weight excluding hydrogens is 622 g/mol. The van der Waals surface area contributed by atoms with Crippen LogP contribution in [0.25, 0.3) is 6.08 Å². The third kappa shape index (κ3) is 7.06. The molecule has 240 valence electrons. The summed E-state index contributed by atoms with van der Waals surface area (Å²) < 4.78 is 19.5. The third-order valence-corrected chi connectivity index (χ3v) is 8.98. The predicted octanol–water partition coefficient (Wildman–Crippen LogP) is 6.28. The minimum Gasteiger partial charge on any atom is -0.494 e. The van der Waals surface area contributed by atoms with E-state index in [0.717, 1.165) is 35.5 Å². The normalized spacial score (nSPS) is 14.5. The summed E-state index contributed by atoms with van der Waals surface area (Å²) >= 11 is 7.36. The second-order valence-corrected chi connectivity index (χ2v) is 12.1. The van der Waals surface area contributed by atoms with Crippen molar-refractivity contribution in [1.29, 1.82) is 0 Å². The van der Waals surface area contributed by atoms with E-state index in [0.29, 0.717) is 50.3 Å². The van der Waals surface area contributed by atoms with Gasteiger partial charge in [-0.15, -0.1) is 0 Å². The molecule has 1 aliphatic rings. The highest BCUT2D eigenvalue weighted by Crippen LogP contribution is 2.32. The van der Waals surface area contributed by atoms with Crippen LogP contribution in [-0.2, 0) is 16.1 Å². The number of halogens is 1. The van der Waals surface area contributed by atoms with E-state index in [2.05, 4.69) is 18.7 Å². The maximum absolute atomic E-state index is 14.2. The van der Waals surface area contributed by atoms with Gasteiger partial charge in [0.2, 0.25) is 0 Å². The van der Waals surface area contributed by atoms with Gasteiger partial charge in [-0.05, 0) is 88.2 Å². The Morgan fingerprint density at radius 1 is 0.978 bits per heavy atom. The first kappa shape index (κ1) is 33.0. The Kier molecular flexibility index (Phi) is 10.7. The molecule has 0 fully saturated rings. The summed E-state index contributed by atoms with van der Waals surface area (Å²) in [6.45, 7) is 12.4. The Bertz CT molecular complexity index is 1910. The number of anilines is 1. The number of benzene rings is 3. The fraction of sp³-hybridized carbons (Fsp3) is 0.306. The number of rotatable bonds is 12. The third-order valence-electron chi connectivity index (χ3n) is 7.74. The molecular formula is C36H38ClN3O5S. The van der Waals surface area contributed by atoms with Gasteiger partial charge in [0.1, 0.15) is 18.1 Å². The Balaban J connectivity index is 1.63. The van der Waals surface area contributed by atoms with Gasteiger partial charge in [0.25, 0.3) is 5.56 Å². The Hall–Kier alpha value is -4.34. The lowest BCUT2D eigenvalue weighted by molar-refractivity contribution is -0.139. The highest BCUT2D eigenvalue weighted by molar-refractivity contribution is 7.07. The van der Waals surface area contributed by atoms with Crippen molar-refractivity contribution in [3.05, 3.63) is 119 Å². The van der Waals surface area contributed by atoms with E-state index in [9.17, 15) is 9.59 Å². The zero-order valence-corrected chi connectivity index (χ0v) is 28.3. The lowest BCUT2D eigenvalue weighted by Crippen LogP contribution is -2.39. The summed E-state index contributed by atoms with van der Waals surface area (Å²) in [6, 6.07) is 20.3. The second-order valence-electron chi connectivity index (χ2n) is 10.6. The highest BCUT2D eigenvalue weighted by atomic mass is 35.5. The van der Waals surface area contributed by atoms with E-state index in [1.165, 1.54) is 11.3 Å². The Labute approximate surface area is 277 Å². The number of ether oxygens (including phenoxy) is 3. The molecule has 1 aliphatic heterocycles. The summed E-state index contributed by atoms with van der Waals surface area (Å²) in [5.41, 5.74) is 4.10. The standard InChI is InChI=1S/C36H38ClN3O5S/c1-6-39(7-2)28-17-12-26(30(21-28)45-22-24-10-15-27(37)16-11-24)20-31-34(41)40-33(25-13-18-29(19-14-25)43-8-3)32(35(42)44-9-4)23(5)38-36(40)46-31/h10-21,33H,6-9,22H2,1-5H3/b31-20-/t33-/m1/s1. The van der Waals surface area contributed by atoms with Gasteiger partial charge in [-0.1, -0.05) is 47.2 Å². The minimum atomic E-state index is -0.709. The molecule has 0 bridgehead atoms. The van der Waals surface area contributed by atoms with Crippen LogP contribution in [0.1, 0.15) is 57.4 Å². The lowest BCUT2D eigenvalue weighted by atomic mass is 9.96. The van der Waals surface area contributed by atoms with Crippen molar-refractivity contribution in [2.45, 2.75) is 47.3 Å². The van der Waals surface area contributed by atoms with Crippen LogP contribution >= 0.6 is 22.9 Å². The van der Waals surface area contributed by atoms with Crippen LogP contribution in [0.2, 0.25) is 5.02 Å². The van der Waals surface area contributed by atoms with Crippen molar-refractivity contribution in [2.24, 2.45) is 4.99 Å². The number of nitrogens with zero attached hydrogens (tertiary/aromatic N) is 3. The molecule has 0 amide bonds. The topological polar surface area (TPSA) is 82.4 Å². The summed E-state index contributed by atoms with van der Waals surface area (Å²) in [5.74, 6) is 0.856.